The van der Waals surface area contributed by atoms with Gasteiger partial charge in [-0.05, 0) is 56.3 Å². The third-order valence-corrected chi connectivity index (χ3v) is 5.59. The first kappa shape index (κ1) is 20.2. The number of ether oxygens (including phenoxy) is 1. The molecule has 0 radical (unpaired) electrons. The standard InChI is InChI=1S/C24H27N3O3/c1-4-30-20-10-8-18(9-11-20)21-22(26-14-12-25(3)13-15-26)24(29)27(23(21)28)19-7-5-6-17(2)16-19/h5-11,16H,4,12-15H2,1-3H3. The van der Waals surface area contributed by atoms with Gasteiger partial charge < -0.3 is 14.5 Å². The van der Waals surface area contributed by atoms with Crippen molar-refractivity contribution in [3.63, 3.8) is 0 Å². The number of anilines is 1. The van der Waals surface area contributed by atoms with Gasteiger partial charge in [-0.2, -0.15) is 0 Å². The number of carbonyl (C=O) groups is 2. The van der Waals surface area contributed by atoms with E-state index in [1.165, 1.54) is 4.90 Å². The Balaban J connectivity index is 1.77. The molecule has 2 heterocycles. The van der Waals surface area contributed by atoms with Gasteiger partial charge in [0.1, 0.15) is 11.4 Å². The highest BCUT2D eigenvalue weighted by Gasteiger charge is 2.42. The SMILES string of the molecule is CCOc1ccc(C2=C(N3CCN(C)CC3)C(=O)N(c3cccc(C)c3)C2=O)cc1. The summed E-state index contributed by atoms with van der Waals surface area (Å²) >= 11 is 0. The van der Waals surface area contributed by atoms with Gasteiger partial charge in [0.05, 0.1) is 17.9 Å². The first-order valence-corrected chi connectivity index (χ1v) is 10.4. The number of carbonyl (C=O) groups excluding carboxylic acids is 2. The number of likely N-dealkylation sites (N-methyl/N-ethyl adjacent to an activating group) is 1. The van der Waals surface area contributed by atoms with Crippen molar-refractivity contribution in [3.05, 3.63) is 65.4 Å². The van der Waals surface area contributed by atoms with Gasteiger partial charge in [0, 0.05) is 26.2 Å². The molecule has 0 saturated carbocycles. The van der Waals surface area contributed by atoms with Crippen molar-refractivity contribution in [1.82, 2.24) is 9.80 Å². The molecule has 2 aromatic carbocycles. The highest BCUT2D eigenvalue weighted by Crippen LogP contribution is 2.35. The van der Waals surface area contributed by atoms with Crippen LogP contribution in [0.3, 0.4) is 0 Å². The van der Waals surface area contributed by atoms with E-state index in [4.69, 9.17) is 4.74 Å². The Morgan fingerprint density at radius 2 is 1.63 bits per heavy atom. The number of benzene rings is 2. The topological polar surface area (TPSA) is 53.1 Å². The van der Waals surface area contributed by atoms with Gasteiger partial charge >= 0.3 is 0 Å². The summed E-state index contributed by atoms with van der Waals surface area (Å²) in [6.07, 6.45) is 0. The van der Waals surface area contributed by atoms with Gasteiger partial charge in [0.15, 0.2) is 0 Å². The Morgan fingerprint density at radius 3 is 2.27 bits per heavy atom. The maximum Gasteiger partial charge on any atom is 0.282 e. The highest BCUT2D eigenvalue weighted by molar-refractivity contribution is 6.45. The fourth-order valence-electron chi connectivity index (χ4n) is 3.99. The predicted octanol–water partition coefficient (Wildman–Crippen LogP) is 2.93. The lowest BCUT2D eigenvalue weighted by molar-refractivity contribution is -0.120. The van der Waals surface area contributed by atoms with Crippen LogP contribution in [0.4, 0.5) is 5.69 Å². The Labute approximate surface area is 177 Å². The Bertz CT molecular complexity index is 989. The van der Waals surface area contributed by atoms with Crippen molar-refractivity contribution in [2.24, 2.45) is 0 Å². The molecule has 0 aromatic heterocycles. The number of hydrogen-bond acceptors (Lipinski definition) is 5. The van der Waals surface area contributed by atoms with Gasteiger partial charge in [0.2, 0.25) is 0 Å². The van der Waals surface area contributed by atoms with Gasteiger partial charge in [0.25, 0.3) is 11.8 Å². The van der Waals surface area contributed by atoms with Crippen LogP contribution in [-0.2, 0) is 9.59 Å². The minimum atomic E-state index is -0.274. The second-order valence-corrected chi connectivity index (χ2v) is 7.76. The van der Waals surface area contributed by atoms with Crippen molar-refractivity contribution in [2.75, 3.05) is 44.7 Å². The minimum absolute atomic E-state index is 0.251. The predicted molar refractivity (Wildman–Crippen MR) is 117 cm³/mol. The molecule has 2 aromatic rings. The van der Waals surface area contributed by atoms with E-state index < -0.39 is 0 Å². The molecule has 156 valence electrons. The van der Waals surface area contributed by atoms with E-state index in [0.717, 1.165) is 30.0 Å². The average molecular weight is 405 g/mol. The van der Waals surface area contributed by atoms with Crippen LogP contribution >= 0.6 is 0 Å². The van der Waals surface area contributed by atoms with Crippen molar-refractivity contribution in [2.45, 2.75) is 13.8 Å². The van der Waals surface area contributed by atoms with E-state index in [2.05, 4.69) is 16.8 Å². The Morgan fingerprint density at radius 1 is 0.933 bits per heavy atom. The number of imide groups is 1. The van der Waals surface area contributed by atoms with E-state index in [-0.39, 0.29) is 11.8 Å². The number of rotatable bonds is 5. The lowest BCUT2D eigenvalue weighted by atomic mass is 10.0. The summed E-state index contributed by atoms with van der Waals surface area (Å²) < 4.78 is 5.54. The van der Waals surface area contributed by atoms with E-state index in [1.54, 1.807) is 0 Å². The molecule has 0 atom stereocenters. The van der Waals surface area contributed by atoms with Crippen LogP contribution in [-0.4, -0.2) is 61.4 Å². The van der Waals surface area contributed by atoms with Gasteiger partial charge in [-0.3, -0.25) is 9.59 Å². The van der Waals surface area contributed by atoms with Crippen LogP contribution in [0.15, 0.2) is 54.2 Å². The highest BCUT2D eigenvalue weighted by atomic mass is 16.5. The average Bonchev–Trinajstić information content (AvgIpc) is 3.00. The third-order valence-electron chi connectivity index (χ3n) is 5.59. The lowest BCUT2D eigenvalue weighted by Crippen LogP contribution is -2.46. The second-order valence-electron chi connectivity index (χ2n) is 7.76. The summed E-state index contributed by atoms with van der Waals surface area (Å²) in [4.78, 5) is 32.7. The Kier molecular flexibility index (Phi) is 5.59. The molecule has 4 rings (SSSR count). The number of amides is 2. The quantitative estimate of drug-likeness (QED) is 0.716. The number of hydrogen-bond donors (Lipinski definition) is 0. The van der Waals surface area contributed by atoms with Gasteiger partial charge in [-0.15, -0.1) is 0 Å². The summed E-state index contributed by atoms with van der Waals surface area (Å²) in [7, 11) is 2.07. The summed E-state index contributed by atoms with van der Waals surface area (Å²) in [5.74, 6) is 0.220. The molecule has 1 saturated heterocycles. The summed E-state index contributed by atoms with van der Waals surface area (Å²) in [6, 6.07) is 14.9. The molecule has 0 unspecified atom stereocenters. The molecule has 30 heavy (non-hydrogen) atoms. The molecule has 6 heteroatoms. The molecule has 0 aliphatic carbocycles. The van der Waals surface area contributed by atoms with Crippen LogP contribution in [0, 0.1) is 6.92 Å². The molecule has 0 bridgehead atoms. The molecule has 1 fully saturated rings. The maximum atomic E-state index is 13.5. The van der Waals surface area contributed by atoms with E-state index in [0.29, 0.717) is 36.7 Å². The van der Waals surface area contributed by atoms with Crippen molar-refractivity contribution in [3.8, 4) is 5.75 Å². The van der Waals surface area contributed by atoms with Gasteiger partial charge in [-0.1, -0.05) is 24.3 Å². The number of aryl methyl sites for hydroxylation is 1. The monoisotopic (exact) mass is 405 g/mol. The van der Waals surface area contributed by atoms with E-state index >= 15 is 0 Å². The first-order valence-electron chi connectivity index (χ1n) is 10.4. The zero-order valence-electron chi connectivity index (χ0n) is 17.7. The molecule has 2 aliphatic heterocycles. The molecular formula is C24H27N3O3. The van der Waals surface area contributed by atoms with Crippen molar-refractivity contribution < 1.29 is 14.3 Å². The zero-order chi connectivity index (χ0) is 21.3. The lowest BCUT2D eigenvalue weighted by Gasteiger charge is -2.34. The van der Waals surface area contributed by atoms with Crippen LogP contribution < -0.4 is 9.64 Å². The maximum absolute atomic E-state index is 13.5. The van der Waals surface area contributed by atoms with Crippen LogP contribution in [0.2, 0.25) is 0 Å². The summed E-state index contributed by atoms with van der Waals surface area (Å²) in [5, 5.41) is 0. The molecule has 2 aliphatic rings. The second kappa shape index (κ2) is 8.32. The number of piperazine rings is 1. The van der Waals surface area contributed by atoms with E-state index in [9.17, 15) is 9.59 Å². The van der Waals surface area contributed by atoms with Crippen molar-refractivity contribution in [1.29, 1.82) is 0 Å². The fourth-order valence-corrected chi connectivity index (χ4v) is 3.99. The smallest absolute Gasteiger partial charge is 0.282 e. The minimum Gasteiger partial charge on any atom is -0.494 e. The normalized spacial score (nSPS) is 17.8. The Hall–Kier alpha value is -3.12. The molecule has 0 N–H and O–H groups in total. The molecule has 2 amide bonds. The molecule has 0 spiro atoms. The van der Waals surface area contributed by atoms with Crippen LogP contribution in [0.5, 0.6) is 5.75 Å². The molecule has 6 nitrogen and oxygen atoms in total. The molecular weight excluding hydrogens is 378 g/mol. The first-order chi connectivity index (χ1) is 14.5. The third kappa shape index (κ3) is 3.71. The van der Waals surface area contributed by atoms with Crippen molar-refractivity contribution >= 4 is 23.1 Å². The van der Waals surface area contributed by atoms with Crippen LogP contribution in [0.1, 0.15) is 18.1 Å². The fraction of sp³-hybridized carbons (Fsp3) is 0.333. The zero-order valence-corrected chi connectivity index (χ0v) is 17.7. The van der Waals surface area contributed by atoms with Crippen LogP contribution in [0.25, 0.3) is 5.57 Å². The number of nitrogens with zero attached hydrogens (tertiary/aromatic N) is 3. The summed E-state index contributed by atoms with van der Waals surface area (Å²) in [6.45, 7) is 7.60. The van der Waals surface area contributed by atoms with E-state index in [1.807, 2.05) is 62.4 Å². The van der Waals surface area contributed by atoms with Gasteiger partial charge in [-0.25, -0.2) is 4.90 Å². The summed E-state index contributed by atoms with van der Waals surface area (Å²) in [5.41, 5.74) is 3.31. The largest absolute Gasteiger partial charge is 0.494 e.